The van der Waals surface area contributed by atoms with Crippen LogP contribution in [0.1, 0.15) is 80.0 Å². The van der Waals surface area contributed by atoms with Crippen LogP contribution in [0.3, 0.4) is 0 Å². The van der Waals surface area contributed by atoms with Crippen LogP contribution < -0.4 is 26.5 Å². The highest BCUT2D eigenvalue weighted by molar-refractivity contribution is 7.33. The molecule has 4 aromatic heterocycles. The van der Waals surface area contributed by atoms with Crippen LogP contribution in [0.5, 0.6) is 5.75 Å². The van der Waals surface area contributed by atoms with Crippen molar-refractivity contribution in [2.24, 2.45) is 11.8 Å². The number of rotatable bonds is 20. The number of carbonyl (C=O) groups is 3. The molecule has 24 heteroatoms. The molecule has 79 heavy (non-hydrogen) atoms. The number of aromatic nitrogens is 8. The highest BCUT2D eigenvalue weighted by Crippen LogP contribution is 2.45. The smallest absolute Gasteiger partial charge is 0.497 e. The molecule has 6 heterocycles. The van der Waals surface area contributed by atoms with Gasteiger partial charge in [0.15, 0.2) is 22.3 Å². The summed E-state index contributed by atoms with van der Waals surface area (Å²) < 4.78 is 61.6. The molecule has 0 radical (unpaired) electrons. The first-order valence-electron chi connectivity index (χ1n) is 25.5. The van der Waals surface area contributed by atoms with Gasteiger partial charge in [0.25, 0.3) is 11.1 Å². The number of methoxy groups -OCH3 is 1. The summed E-state index contributed by atoms with van der Waals surface area (Å²) in [5.74, 6) is -1.79. The first-order valence-corrected chi connectivity index (χ1v) is 26.6. The summed E-state index contributed by atoms with van der Waals surface area (Å²) in [6.45, 7) is 6.20. The summed E-state index contributed by atoms with van der Waals surface area (Å²) in [6, 6.07) is 35.2. The van der Waals surface area contributed by atoms with Gasteiger partial charge in [0.05, 0.1) is 31.9 Å². The Morgan fingerprint density at radius 2 is 1.14 bits per heavy atom. The van der Waals surface area contributed by atoms with Gasteiger partial charge in [-0.05, 0) is 41.0 Å². The molecule has 8 aromatic rings. The minimum Gasteiger partial charge on any atom is -0.497 e. The molecule has 7 atom stereocenters. The molecule has 0 spiro atoms. The normalized spacial score (nSPS) is 19.5. The van der Waals surface area contributed by atoms with Crippen LogP contribution in [0.15, 0.2) is 138 Å². The molecule has 2 fully saturated rings. The summed E-state index contributed by atoms with van der Waals surface area (Å²) in [5, 5.41) is 5.24. The molecule has 2 amide bonds. The van der Waals surface area contributed by atoms with Crippen molar-refractivity contribution in [3.05, 3.63) is 171 Å². The molecular weight excluding hydrogens is 1040 g/mol. The van der Waals surface area contributed by atoms with Gasteiger partial charge in [-0.3, -0.25) is 48.9 Å². The average molecular weight is 1100 g/mol. The van der Waals surface area contributed by atoms with E-state index in [1.165, 1.54) is 21.8 Å². The molecular formula is C55H56N10O13P+. The molecule has 2 saturated heterocycles. The van der Waals surface area contributed by atoms with Crippen molar-refractivity contribution in [1.82, 2.24) is 39.0 Å². The molecule has 10 rings (SSSR count). The summed E-state index contributed by atoms with van der Waals surface area (Å²) in [6.07, 6.45) is -3.17. The number of H-pyrrole nitrogens is 2. The minimum absolute atomic E-state index is 0.0110. The van der Waals surface area contributed by atoms with E-state index in [9.17, 15) is 28.5 Å². The minimum atomic E-state index is -3.02. The SMILES string of the molecule is COc1ccc(C(OC[C@H]2O[C@@H](n3cnc4c(=O)[nH]c(NC(=O)C(C)C)nc43)C[C@@H]2O[P+](=O)OC[C@H]2O[C@@H](n3cnc4c(=O)[nH]c(NC(=O)C(C)C)nc43)C[C@@H]2OC(=O)c2ccccc2)(c2ccccc2)c2ccccc2)cc1. The van der Waals surface area contributed by atoms with Crippen molar-refractivity contribution in [3.63, 3.8) is 0 Å². The van der Waals surface area contributed by atoms with Crippen molar-refractivity contribution in [3.8, 4) is 5.75 Å². The average Bonchev–Trinajstić information content (AvgIpc) is 4.46. The van der Waals surface area contributed by atoms with Gasteiger partial charge in [0.1, 0.15) is 54.8 Å². The van der Waals surface area contributed by atoms with Gasteiger partial charge < -0.3 is 23.7 Å². The number of imidazole rings is 2. The number of carbonyl (C=O) groups excluding carboxylic acids is 3. The van der Waals surface area contributed by atoms with Crippen molar-refractivity contribution in [1.29, 1.82) is 0 Å². The first kappa shape index (κ1) is 54.1. The number of anilines is 2. The third-order valence-corrected chi connectivity index (χ3v) is 14.3. The van der Waals surface area contributed by atoms with E-state index in [-0.39, 0.29) is 71.1 Å². The zero-order valence-corrected chi connectivity index (χ0v) is 44.4. The largest absolute Gasteiger partial charge is 0.697 e. The van der Waals surface area contributed by atoms with Crippen LogP contribution >= 0.6 is 8.25 Å². The van der Waals surface area contributed by atoms with Crippen LogP contribution in [-0.2, 0) is 47.8 Å². The molecule has 0 bridgehead atoms. The molecule has 2 aliphatic heterocycles. The topological polar surface area (TPSA) is 284 Å². The van der Waals surface area contributed by atoms with Gasteiger partial charge in [-0.1, -0.05) is 119 Å². The maximum atomic E-state index is 14.3. The number of fused-ring (bicyclic) bond motifs is 2. The summed E-state index contributed by atoms with van der Waals surface area (Å²) in [7, 11) is -1.44. The van der Waals surface area contributed by atoms with E-state index in [1.54, 1.807) is 65.1 Å². The van der Waals surface area contributed by atoms with E-state index in [1.807, 2.05) is 84.9 Å². The van der Waals surface area contributed by atoms with Gasteiger partial charge in [0.2, 0.25) is 23.7 Å². The Morgan fingerprint density at radius 3 is 1.63 bits per heavy atom. The Hall–Kier alpha value is -8.31. The van der Waals surface area contributed by atoms with Crippen molar-refractivity contribution in [2.45, 2.75) is 83.0 Å². The van der Waals surface area contributed by atoms with Crippen molar-refractivity contribution in [2.75, 3.05) is 31.0 Å². The fraction of sp³-hybridized carbons (Fsp3) is 0.327. The van der Waals surface area contributed by atoms with Crippen LogP contribution in [0.25, 0.3) is 22.3 Å². The fourth-order valence-electron chi connectivity index (χ4n) is 9.38. The molecule has 4 N–H and O–H groups in total. The van der Waals surface area contributed by atoms with Crippen LogP contribution in [-0.4, -0.2) is 102 Å². The predicted molar refractivity (Wildman–Crippen MR) is 286 cm³/mol. The lowest BCUT2D eigenvalue weighted by Gasteiger charge is -2.37. The van der Waals surface area contributed by atoms with Gasteiger partial charge >= 0.3 is 14.2 Å². The maximum absolute atomic E-state index is 14.3. The van der Waals surface area contributed by atoms with Crippen LogP contribution in [0.4, 0.5) is 11.9 Å². The first-order chi connectivity index (χ1) is 38.2. The van der Waals surface area contributed by atoms with Gasteiger partial charge in [-0.25, -0.2) is 14.8 Å². The Labute approximate surface area is 451 Å². The number of amides is 2. The van der Waals surface area contributed by atoms with E-state index in [4.69, 9.17) is 32.7 Å². The maximum Gasteiger partial charge on any atom is 0.697 e. The lowest BCUT2D eigenvalue weighted by molar-refractivity contribution is -0.119. The number of ether oxygens (including phenoxy) is 5. The Bertz CT molecular complexity index is 3570. The summed E-state index contributed by atoms with van der Waals surface area (Å²) in [4.78, 5) is 88.0. The summed E-state index contributed by atoms with van der Waals surface area (Å²) in [5.41, 5.74) is 0.263. The third kappa shape index (κ3) is 11.5. The fourth-order valence-corrected chi connectivity index (χ4v) is 10.1. The van der Waals surface area contributed by atoms with E-state index >= 15 is 0 Å². The monoisotopic (exact) mass is 1100 g/mol. The lowest BCUT2D eigenvalue weighted by Crippen LogP contribution is -2.38. The highest BCUT2D eigenvalue weighted by atomic mass is 31.1. The molecule has 0 saturated carbocycles. The molecule has 23 nitrogen and oxygen atoms in total. The van der Waals surface area contributed by atoms with Crippen LogP contribution in [0.2, 0.25) is 0 Å². The summed E-state index contributed by atoms with van der Waals surface area (Å²) >= 11 is 0. The number of aromatic amines is 2. The second-order valence-electron chi connectivity index (χ2n) is 19.4. The van der Waals surface area contributed by atoms with E-state index < -0.39 is 86.3 Å². The van der Waals surface area contributed by atoms with E-state index in [0.717, 1.165) is 16.7 Å². The zero-order chi connectivity index (χ0) is 55.4. The number of hydrogen-bond donors (Lipinski definition) is 4. The highest BCUT2D eigenvalue weighted by Gasteiger charge is 2.48. The predicted octanol–water partition coefficient (Wildman–Crippen LogP) is 7.32. The van der Waals surface area contributed by atoms with Gasteiger partial charge in [-0.2, -0.15) is 9.97 Å². The second kappa shape index (κ2) is 23.3. The Balaban J connectivity index is 0.951. The number of benzene rings is 4. The van der Waals surface area contributed by atoms with Crippen LogP contribution in [0, 0.1) is 11.8 Å². The Kier molecular flexibility index (Phi) is 16.0. The zero-order valence-electron chi connectivity index (χ0n) is 43.5. The molecule has 4 aromatic carbocycles. The third-order valence-electron chi connectivity index (χ3n) is 13.5. The Morgan fingerprint density at radius 1 is 0.671 bits per heavy atom. The number of nitrogens with one attached hydrogen (secondary N) is 4. The van der Waals surface area contributed by atoms with E-state index in [2.05, 4.69) is 40.5 Å². The standard InChI is InChI=1S/C55H55N10O13P/c1-31(2)48(66)60-53-58-46-44(50(68)62-53)56-29-64(46)42-25-38(77-52(70)33-15-9-6-10-16-33)41(76-42)28-74-79(71)78-39-26-43(65-30-57-45-47(65)59-54(63-51(45)69)61-49(67)32(3)4)75-40(39)27-73-55(34-17-11-7-12-18-34,35-19-13-8-14-20-35)36-21-23-37(72-5)24-22-36/h6-24,29-32,38-43H,25-28H2,1-5H3,(H3-,58,59,60,61,62,63,66,67,68,69)/p+1/t38-,39-,40+,41+,42+,43+/m0/s1. The molecule has 2 aliphatic rings. The quantitative estimate of drug-likeness (QED) is 0.0330. The van der Waals surface area contributed by atoms with E-state index in [0.29, 0.717) is 5.75 Å². The van der Waals surface area contributed by atoms with Gasteiger partial charge in [-0.15, -0.1) is 9.05 Å². The van der Waals surface area contributed by atoms with Gasteiger partial charge in [0, 0.05) is 29.2 Å². The molecule has 408 valence electrons. The van der Waals surface area contributed by atoms with Crippen molar-refractivity contribution < 1.29 is 51.7 Å². The lowest BCUT2D eigenvalue weighted by atomic mass is 9.80. The molecule has 1 unspecified atom stereocenters. The number of esters is 1. The number of hydrogen-bond acceptors (Lipinski definition) is 17. The second-order valence-corrected chi connectivity index (χ2v) is 20.3. The molecule has 0 aliphatic carbocycles. The number of nitrogens with zero attached hydrogens (tertiary/aromatic N) is 6. The van der Waals surface area contributed by atoms with Crippen molar-refractivity contribution >= 4 is 60.3 Å².